The van der Waals surface area contributed by atoms with Crippen molar-refractivity contribution in [2.24, 2.45) is 7.05 Å². The van der Waals surface area contributed by atoms with Gasteiger partial charge in [0.25, 0.3) is 0 Å². The van der Waals surface area contributed by atoms with Crippen molar-refractivity contribution < 1.29 is 9.13 Å². The first-order valence-electron chi connectivity index (χ1n) is 15.9. The molecular weight excluding hydrogens is 583 g/mol. The molecule has 0 amide bonds. The Morgan fingerprint density at radius 3 is 2.36 bits per heavy atom. The van der Waals surface area contributed by atoms with Crippen LogP contribution in [0.4, 0.5) is 4.39 Å². The Labute approximate surface area is 271 Å². The molecule has 1 unspecified atom stereocenters. The average molecular weight is 615 g/mol. The molecule has 1 aliphatic rings. The van der Waals surface area contributed by atoms with E-state index < -0.39 is 6.17 Å². The van der Waals surface area contributed by atoms with E-state index in [0.717, 1.165) is 72.7 Å². The molecule has 9 rings (SSSR count). The van der Waals surface area contributed by atoms with Gasteiger partial charge in [-0.25, -0.2) is 14.4 Å². The normalized spacial score (nSPS) is 14.2. The fraction of sp³-hybridized carbons (Fsp3) is 0.122. The third-order valence-corrected chi connectivity index (χ3v) is 9.75. The van der Waals surface area contributed by atoms with Crippen molar-refractivity contribution >= 4 is 32.8 Å². The van der Waals surface area contributed by atoms with Crippen molar-refractivity contribution in [2.75, 3.05) is 0 Å². The van der Waals surface area contributed by atoms with E-state index in [1.807, 2.05) is 104 Å². The second-order valence-electron chi connectivity index (χ2n) is 12.8. The van der Waals surface area contributed by atoms with Gasteiger partial charge in [-0.2, -0.15) is 0 Å². The number of halogens is 1. The molecule has 47 heavy (non-hydrogen) atoms. The van der Waals surface area contributed by atoms with Crippen molar-refractivity contribution in [3.8, 4) is 28.7 Å². The van der Waals surface area contributed by atoms with Crippen LogP contribution in [0.15, 0.2) is 128 Å². The average Bonchev–Trinajstić information content (AvgIpc) is 3.63. The summed E-state index contributed by atoms with van der Waals surface area (Å²) in [6.07, 6.45) is 0.441. The predicted molar refractivity (Wildman–Crippen MR) is 186 cm³/mol. The fourth-order valence-corrected chi connectivity index (χ4v) is 7.33. The molecule has 5 nitrogen and oxygen atoms in total. The van der Waals surface area contributed by atoms with E-state index >= 15 is 4.39 Å². The summed E-state index contributed by atoms with van der Waals surface area (Å²) in [7, 11) is 2.00. The minimum atomic E-state index is -1.35. The van der Waals surface area contributed by atoms with Crippen LogP contribution >= 0.6 is 0 Å². The van der Waals surface area contributed by atoms with Crippen molar-refractivity contribution in [2.45, 2.75) is 25.4 Å². The zero-order chi connectivity index (χ0) is 31.9. The highest BCUT2D eigenvalue weighted by Crippen LogP contribution is 2.52. The molecule has 1 aliphatic heterocycles. The molecule has 0 bridgehead atoms. The molecular formula is C41H31FN4O. The number of benzene rings is 5. The summed E-state index contributed by atoms with van der Waals surface area (Å²) in [6.45, 7) is 4.47. The maximum Gasteiger partial charge on any atom is 0.156 e. The third kappa shape index (κ3) is 4.07. The summed E-state index contributed by atoms with van der Waals surface area (Å²) in [4.78, 5) is 9.60. The lowest BCUT2D eigenvalue weighted by atomic mass is 9.75. The largest absolute Gasteiger partial charge is 0.454 e. The van der Waals surface area contributed by atoms with E-state index in [-0.39, 0.29) is 5.41 Å². The molecule has 0 fully saturated rings. The topological polar surface area (TPSA) is 44.9 Å². The Morgan fingerprint density at radius 2 is 1.51 bits per heavy atom. The second-order valence-corrected chi connectivity index (χ2v) is 12.8. The number of nitrogens with zero attached hydrogens (tertiary/aromatic N) is 4. The Bertz CT molecular complexity index is 2510. The van der Waals surface area contributed by atoms with Crippen molar-refractivity contribution in [3.05, 3.63) is 150 Å². The number of rotatable bonds is 4. The number of imidazole rings is 1. The lowest BCUT2D eigenvalue weighted by molar-refractivity contribution is 0.402. The number of aromatic nitrogens is 4. The van der Waals surface area contributed by atoms with Gasteiger partial charge in [0.15, 0.2) is 11.9 Å². The molecule has 5 aromatic carbocycles. The van der Waals surface area contributed by atoms with E-state index in [2.05, 4.69) is 47.2 Å². The molecule has 8 aromatic rings. The van der Waals surface area contributed by atoms with E-state index in [1.54, 1.807) is 6.20 Å². The molecule has 228 valence electrons. The third-order valence-electron chi connectivity index (χ3n) is 9.75. The van der Waals surface area contributed by atoms with Crippen LogP contribution in [0.2, 0.25) is 0 Å². The van der Waals surface area contributed by atoms with Crippen LogP contribution in [-0.4, -0.2) is 19.1 Å². The van der Waals surface area contributed by atoms with E-state index in [4.69, 9.17) is 14.7 Å². The molecule has 1 atom stereocenters. The summed E-state index contributed by atoms with van der Waals surface area (Å²) in [5.74, 6) is 3.21. The number of aryl methyl sites for hydroxylation is 1. The SMILES string of the molecule is Cn1c(-c2cccc(C(F)c3ccc4c5ccc6c(c5n(-c5ccccn5)c4c3)Oc3ccccc3C6(C)C)c2)nc2ccccc21. The number of para-hydroxylation sites is 3. The fourth-order valence-electron chi connectivity index (χ4n) is 7.33. The van der Waals surface area contributed by atoms with Crippen LogP contribution in [0.25, 0.3) is 50.0 Å². The lowest BCUT2D eigenvalue weighted by Crippen LogP contribution is -2.24. The number of pyridine rings is 1. The Balaban J connectivity index is 1.22. The number of alkyl halides is 1. The van der Waals surface area contributed by atoms with Crippen molar-refractivity contribution in [1.82, 2.24) is 19.1 Å². The first kappa shape index (κ1) is 27.6. The molecule has 6 heteroatoms. The van der Waals surface area contributed by atoms with Gasteiger partial charge in [-0.1, -0.05) is 92.7 Å². The molecule has 0 radical (unpaired) electrons. The van der Waals surface area contributed by atoms with Gasteiger partial charge in [-0.05, 0) is 53.6 Å². The molecule has 0 spiro atoms. The summed E-state index contributed by atoms with van der Waals surface area (Å²) < 4.78 is 27.6. The van der Waals surface area contributed by atoms with E-state index in [0.29, 0.717) is 11.1 Å². The smallest absolute Gasteiger partial charge is 0.156 e. The highest BCUT2D eigenvalue weighted by atomic mass is 19.1. The van der Waals surface area contributed by atoms with Gasteiger partial charge in [0.2, 0.25) is 0 Å². The van der Waals surface area contributed by atoms with Crippen LogP contribution in [0.3, 0.4) is 0 Å². The van der Waals surface area contributed by atoms with Crippen molar-refractivity contribution in [3.63, 3.8) is 0 Å². The molecule has 0 saturated heterocycles. The maximum absolute atomic E-state index is 16.6. The summed E-state index contributed by atoms with van der Waals surface area (Å²) in [5.41, 5.74) is 7.75. The van der Waals surface area contributed by atoms with Gasteiger partial charge >= 0.3 is 0 Å². The molecule has 0 N–H and O–H groups in total. The van der Waals surface area contributed by atoms with Crippen LogP contribution in [0.1, 0.15) is 42.3 Å². The Hall–Kier alpha value is -5.75. The number of hydrogen-bond acceptors (Lipinski definition) is 3. The van der Waals surface area contributed by atoms with Crippen LogP contribution < -0.4 is 4.74 Å². The Kier molecular flexibility index (Phi) is 5.94. The van der Waals surface area contributed by atoms with Crippen LogP contribution in [-0.2, 0) is 12.5 Å². The monoisotopic (exact) mass is 614 g/mol. The van der Waals surface area contributed by atoms with Gasteiger partial charge in [-0.3, -0.25) is 4.57 Å². The van der Waals surface area contributed by atoms with Gasteiger partial charge in [0.1, 0.15) is 17.4 Å². The number of ether oxygens (including phenoxy) is 1. The van der Waals surface area contributed by atoms with Crippen LogP contribution in [0.5, 0.6) is 11.5 Å². The quantitative estimate of drug-likeness (QED) is 0.198. The van der Waals surface area contributed by atoms with E-state index in [9.17, 15) is 0 Å². The Morgan fingerprint density at radius 1 is 0.723 bits per heavy atom. The highest BCUT2D eigenvalue weighted by molar-refractivity contribution is 6.12. The van der Waals surface area contributed by atoms with Crippen LogP contribution in [0, 0.1) is 0 Å². The van der Waals surface area contributed by atoms with Crippen molar-refractivity contribution in [1.29, 1.82) is 0 Å². The summed E-state index contributed by atoms with van der Waals surface area (Å²) >= 11 is 0. The number of fused-ring (bicyclic) bond motifs is 7. The standard InChI is InChI=1S/C41H31FN4O/c1-41(2)30-13-4-7-16-35(30)47-39-31(41)21-20-29-28-19-18-26(24-34(28)46(38(29)39)36-17-8-9-22-43-36)37(42)25-11-10-12-27(23-25)40-44-32-14-5-6-15-33(32)45(40)3/h4-24,37H,1-3H3. The highest BCUT2D eigenvalue weighted by Gasteiger charge is 2.36. The first-order valence-corrected chi connectivity index (χ1v) is 15.9. The second kappa shape index (κ2) is 10.1. The summed E-state index contributed by atoms with van der Waals surface area (Å²) in [5, 5.41) is 2.04. The molecule has 3 aromatic heterocycles. The minimum absolute atomic E-state index is 0.275. The van der Waals surface area contributed by atoms with Gasteiger partial charge in [0.05, 0.1) is 22.1 Å². The van der Waals surface area contributed by atoms with E-state index in [1.165, 1.54) is 0 Å². The zero-order valence-corrected chi connectivity index (χ0v) is 26.3. The predicted octanol–water partition coefficient (Wildman–Crippen LogP) is 10.2. The van der Waals surface area contributed by atoms with Gasteiger partial charge < -0.3 is 9.30 Å². The summed E-state index contributed by atoms with van der Waals surface area (Å²) in [6, 6.07) is 40.0. The first-order chi connectivity index (χ1) is 22.9. The van der Waals surface area contributed by atoms with Gasteiger partial charge in [0, 0.05) is 46.1 Å². The minimum Gasteiger partial charge on any atom is -0.454 e. The zero-order valence-electron chi connectivity index (χ0n) is 26.3. The lowest BCUT2D eigenvalue weighted by Gasteiger charge is -2.35. The maximum atomic E-state index is 16.6. The molecule has 0 saturated carbocycles. The number of hydrogen-bond donors (Lipinski definition) is 0. The molecule has 0 aliphatic carbocycles. The van der Waals surface area contributed by atoms with Gasteiger partial charge in [-0.15, -0.1) is 0 Å². The molecule has 4 heterocycles.